The van der Waals surface area contributed by atoms with Crippen LogP contribution in [0.5, 0.6) is 0 Å². The average molecular weight is 341 g/mol. The summed E-state index contributed by atoms with van der Waals surface area (Å²) >= 11 is 7.76. The van der Waals surface area contributed by atoms with Gasteiger partial charge in [-0.25, -0.2) is 0 Å². The predicted octanol–water partition coefficient (Wildman–Crippen LogP) is 3.42. The molecule has 3 nitrogen and oxygen atoms in total. The summed E-state index contributed by atoms with van der Waals surface area (Å²) in [5, 5.41) is 3.86. The predicted molar refractivity (Wildman–Crippen MR) is 95.5 cm³/mol. The lowest BCUT2D eigenvalue weighted by Crippen LogP contribution is -2.41. The van der Waals surface area contributed by atoms with Gasteiger partial charge in [0.25, 0.3) is 0 Å². The van der Waals surface area contributed by atoms with E-state index in [-0.39, 0.29) is 11.8 Å². The van der Waals surface area contributed by atoms with Crippen molar-refractivity contribution in [2.75, 3.05) is 32.4 Å². The molecule has 1 amide bonds. The number of hydrogen-bond acceptors (Lipinski definition) is 3. The SMILES string of the molecule is CN1CCC[C@@H](C(=O)NCCCSCc2ccc(Cl)cc2)C1. The van der Waals surface area contributed by atoms with Crippen molar-refractivity contribution < 1.29 is 4.79 Å². The molecule has 1 aliphatic heterocycles. The van der Waals surface area contributed by atoms with Gasteiger partial charge in [-0.15, -0.1) is 0 Å². The van der Waals surface area contributed by atoms with Crippen LogP contribution in [0.25, 0.3) is 0 Å². The monoisotopic (exact) mass is 340 g/mol. The maximum Gasteiger partial charge on any atom is 0.224 e. The third-order valence-electron chi connectivity index (χ3n) is 3.94. The van der Waals surface area contributed by atoms with Crippen molar-refractivity contribution in [1.82, 2.24) is 10.2 Å². The molecule has 0 unspecified atom stereocenters. The highest BCUT2D eigenvalue weighted by Gasteiger charge is 2.23. The number of rotatable bonds is 7. The lowest BCUT2D eigenvalue weighted by molar-refractivity contribution is -0.126. The molecule has 0 aromatic heterocycles. The fraction of sp³-hybridized carbons (Fsp3) is 0.588. The van der Waals surface area contributed by atoms with Gasteiger partial charge in [0, 0.05) is 23.9 Å². The second kappa shape index (κ2) is 9.43. The average Bonchev–Trinajstić information content (AvgIpc) is 2.52. The van der Waals surface area contributed by atoms with Crippen LogP contribution >= 0.6 is 23.4 Å². The number of thioether (sulfide) groups is 1. The Kier molecular flexibility index (Phi) is 7.56. The van der Waals surface area contributed by atoms with E-state index in [1.807, 2.05) is 23.9 Å². The van der Waals surface area contributed by atoms with Crippen molar-refractivity contribution in [2.45, 2.75) is 25.0 Å². The first-order valence-corrected chi connectivity index (χ1v) is 9.47. The minimum atomic E-state index is 0.181. The Balaban J connectivity index is 1.53. The summed E-state index contributed by atoms with van der Waals surface area (Å²) in [5.41, 5.74) is 1.30. The molecule has 0 aliphatic carbocycles. The van der Waals surface area contributed by atoms with Crippen LogP contribution in [0, 0.1) is 5.92 Å². The van der Waals surface area contributed by atoms with E-state index >= 15 is 0 Å². The van der Waals surface area contributed by atoms with Crippen LogP contribution in [-0.4, -0.2) is 43.2 Å². The minimum Gasteiger partial charge on any atom is -0.356 e. The van der Waals surface area contributed by atoms with E-state index in [2.05, 4.69) is 29.4 Å². The maximum absolute atomic E-state index is 12.1. The van der Waals surface area contributed by atoms with Gasteiger partial charge in [-0.3, -0.25) is 4.79 Å². The van der Waals surface area contributed by atoms with E-state index in [0.29, 0.717) is 0 Å². The quantitative estimate of drug-likeness (QED) is 0.772. The smallest absolute Gasteiger partial charge is 0.224 e. The molecule has 1 aromatic rings. The molecule has 2 rings (SSSR count). The summed E-state index contributed by atoms with van der Waals surface area (Å²) in [4.78, 5) is 14.3. The van der Waals surface area contributed by atoms with Crippen molar-refractivity contribution in [2.24, 2.45) is 5.92 Å². The number of nitrogens with one attached hydrogen (secondary N) is 1. The molecule has 1 saturated heterocycles. The first kappa shape index (κ1) is 17.6. The lowest BCUT2D eigenvalue weighted by atomic mass is 9.98. The Labute approximate surface area is 142 Å². The molecule has 0 spiro atoms. The van der Waals surface area contributed by atoms with E-state index in [4.69, 9.17) is 11.6 Å². The Bertz CT molecular complexity index is 466. The topological polar surface area (TPSA) is 32.3 Å². The molecule has 1 heterocycles. The highest BCUT2D eigenvalue weighted by Crippen LogP contribution is 2.16. The van der Waals surface area contributed by atoms with E-state index in [1.54, 1.807) is 0 Å². The number of nitrogens with zero attached hydrogens (tertiary/aromatic N) is 1. The van der Waals surface area contributed by atoms with Crippen molar-refractivity contribution >= 4 is 29.3 Å². The van der Waals surface area contributed by atoms with Gasteiger partial charge in [-0.2, -0.15) is 11.8 Å². The van der Waals surface area contributed by atoms with Crippen LogP contribution in [0.2, 0.25) is 5.02 Å². The summed E-state index contributed by atoms with van der Waals surface area (Å²) in [6, 6.07) is 7.99. The number of carbonyl (C=O) groups is 1. The van der Waals surface area contributed by atoms with Crippen LogP contribution in [0.15, 0.2) is 24.3 Å². The molecule has 22 heavy (non-hydrogen) atoms. The van der Waals surface area contributed by atoms with Gasteiger partial charge >= 0.3 is 0 Å². The fourth-order valence-corrected chi connectivity index (χ4v) is 3.73. The molecule has 1 atom stereocenters. The summed E-state index contributed by atoms with van der Waals surface area (Å²) in [7, 11) is 2.09. The van der Waals surface area contributed by atoms with Crippen molar-refractivity contribution in [3.8, 4) is 0 Å². The van der Waals surface area contributed by atoms with Crippen molar-refractivity contribution in [3.05, 3.63) is 34.9 Å². The number of amides is 1. The van der Waals surface area contributed by atoms with Gasteiger partial charge in [0.1, 0.15) is 0 Å². The molecule has 0 saturated carbocycles. The van der Waals surface area contributed by atoms with E-state index in [0.717, 1.165) is 55.4 Å². The molecule has 1 aromatic carbocycles. The van der Waals surface area contributed by atoms with Gasteiger partial charge in [0.2, 0.25) is 5.91 Å². The molecule has 0 bridgehead atoms. The number of hydrogen-bond donors (Lipinski definition) is 1. The molecular formula is C17H25ClN2OS. The number of likely N-dealkylation sites (tertiary alicyclic amines) is 1. The molecule has 5 heteroatoms. The highest BCUT2D eigenvalue weighted by atomic mass is 35.5. The standard InChI is InChI=1S/C17H25ClN2OS/c1-20-10-2-4-15(12-20)17(21)19-9-3-11-22-13-14-5-7-16(18)8-6-14/h5-8,15H,2-4,9-13H2,1H3,(H,19,21)/t15-/m1/s1. The first-order valence-electron chi connectivity index (χ1n) is 7.93. The number of halogens is 1. The lowest BCUT2D eigenvalue weighted by Gasteiger charge is -2.28. The minimum absolute atomic E-state index is 0.181. The van der Waals surface area contributed by atoms with Gasteiger partial charge in [-0.05, 0) is 56.3 Å². The zero-order chi connectivity index (χ0) is 15.8. The van der Waals surface area contributed by atoms with Crippen LogP contribution in [0.1, 0.15) is 24.8 Å². The second-order valence-corrected chi connectivity index (χ2v) is 7.47. The van der Waals surface area contributed by atoms with Crippen molar-refractivity contribution in [1.29, 1.82) is 0 Å². The van der Waals surface area contributed by atoms with E-state index in [9.17, 15) is 4.79 Å². The zero-order valence-electron chi connectivity index (χ0n) is 13.2. The number of benzene rings is 1. The van der Waals surface area contributed by atoms with Crippen LogP contribution < -0.4 is 5.32 Å². The fourth-order valence-electron chi connectivity index (χ4n) is 2.68. The third-order valence-corrected chi connectivity index (χ3v) is 5.31. The Morgan fingerprint density at radius 1 is 1.41 bits per heavy atom. The summed E-state index contributed by atoms with van der Waals surface area (Å²) in [5.74, 6) is 2.47. The number of piperidine rings is 1. The van der Waals surface area contributed by atoms with Gasteiger partial charge in [0.05, 0.1) is 5.92 Å². The summed E-state index contributed by atoms with van der Waals surface area (Å²) < 4.78 is 0. The molecular weight excluding hydrogens is 316 g/mol. The largest absolute Gasteiger partial charge is 0.356 e. The molecule has 0 radical (unpaired) electrons. The summed E-state index contributed by atoms with van der Waals surface area (Å²) in [6.07, 6.45) is 3.18. The Morgan fingerprint density at radius 2 is 2.18 bits per heavy atom. The normalized spacial score (nSPS) is 19.1. The molecule has 1 N–H and O–H groups in total. The molecule has 122 valence electrons. The maximum atomic E-state index is 12.1. The highest BCUT2D eigenvalue weighted by molar-refractivity contribution is 7.98. The summed E-state index contributed by atoms with van der Waals surface area (Å²) in [6.45, 7) is 2.80. The molecule has 1 fully saturated rings. The van der Waals surface area contributed by atoms with E-state index < -0.39 is 0 Å². The van der Waals surface area contributed by atoms with Crippen molar-refractivity contribution in [3.63, 3.8) is 0 Å². The number of carbonyl (C=O) groups excluding carboxylic acids is 1. The molecule has 1 aliphatic rings. The van der Waals surface area contributed by atoms with Crippen LogP contribution in [0.3, 0.4) is 0 Å². The first-order chi connectivity index (χ1) is 10.6. The zero-order valence-corrected chi connectivity index (χ0v) is 14.8. The van der Waals surface area contributed by atoms with Crippen LogP contribution in [-0.2, 0) is 10.5 Å². The van der Waals surface area contributed by atoms with Gasteiger partial charge in [0.15, 0.2) is 0 Å². The Morgan fingerprint density at radius 3 is 2.91 bits per heavy atom. The third kappa shape index (κ3) is 6.19. The second-order valence-electron chi connectivity index (χ2n) is 5.93. The Hall–Kier alpha value is -0.710. The van der Waals surface area contributed by atoms with Gasteiger partial charge < -0.3 is 10.2 Å². The van der Waals surface area contributed by atoms with E-state index in [1.165, 1.54) is 5.56 Å². The van der Waals surface area contributed by atoms with Crippen LogP contribution in [0.4, 0.5) is 0 Å². The van der Waals surface area contributed by atoms with Gasteiger partial charge in [-0.1, -0.05) is 23.7 Å².